The van der Waals surface area contributed by atoms with Crippen molar-refractivity contribution in [1.82, 2.24) is 9.97 Å². The number of esters is 2. The fourth-order valence-electron chi connectivity index (χ4n) is 2.39. The first-order chi connectivity index (χ1) is 13.2. The van der Waals surface area contributed by atoms with Gasteiger partial charge in [-0.2, -0.15) is 10.2 Å². The Morgan fingerprint density at radius 3 is 1.96 bits per heavy atom. The van der Waals surface area contributed by atoms with Crippen LogP contribution in [0.4, 0.5) is 11.8 Å². The third kappa shape index (κ3) is 6.37. The Morgan fingerprint density at radius 1 is 1.04 bits per heavy atom. The van der Waals surface area contributed by atoms with Crippen molar-refractivity contribution in [2.24, 2.45) is 11.8 Å². The summed E-state index contributed by atoms with van der Waals surface area (Å²) in [6.07, 6.45) is 1.34. The molecule has 0 saturated carbocycles. The van der Waals surface area contributed by atoms with Crippen LogP contribution in [-0.4, -0.2) is 47.2 Å². The molecule has 0 spiro atoms. The summed E-state index contributed by atoms with van der Waals surface area (Å²) in [7, 11) is 0. The van der Waals surface area contributed by atoms with Crippen molar-refractivity contribution in [1.29, 1.82) is 5.26 Å². The van der Waals surface area contributed by atoms with Gasteiger partial charge in [-0.15, -0.1) is 0 Å². The number of nitrogens with zero attached hydrogens (tertiary/aromatic N) is 3. The summed E-state index contributed by atoms with van der Waals surface area (Å²) in [5.41, 5.74) is 0.178. The highest BCUT2D eigenvalue weighted by molar-refractivity contribution is 5.80. The van der Waals surface area contributed by atoms with E-state index in [1.165, 1.54) is 6.20 Å². The molecule has 0 aliphatic heterocycles. The van der Waals surface area contributed by atoms with Gasteiger partial charge in [-0.3, -0.25) is 0 Å². The minimum absolute atomic E-state index is 0.0716. The van der Waals surface area contributed by atoms with Crippen LogP contribution in [0, 0.1) is 23.2 Å². The number of hydrogen-bond donors (Lipinski definition) is 2. The topological polar surface area (TPSA) is 126 Å². The average molecular weight is 391 g/mol. The van der Waals surface area contributed by atoms with Crippen LogP contribution in [0.15, 0.2) is 6.20 Å². The predicted molar refractivity (Wildman–Crippen MR) is 105 cm³/mol. The van der Waals surface area contributed by atoms with Gasteiger partial charge >= 0.3 is 11.9 Å². The Morgan fingerprint density at radius 2 is 1.54 bits per heavy atom. The average Bonchev–Trinajstić information content (AvgIpc) is 2.63. The highest BCUT2D eigenvalue weighted by Gasteiger charge is 2.27. The standard InChI is InChI=1S/C19H29N5O4/c1-7-27-17(25)14(11(3)4)22-16-13(9-20)10-21-19(24-16)23-15(12(5)6)18(26)28-8-2/h10-12,14-15H,7-8H2,1-6H3,(H2,21,22,23,24). The number of rotatable bonds is 10. The van der Waals surface area contributed by atoms with Crippen molar-refractivity contribution in [3.8, 4) is 6.07 Å². The molecule has 1 heterocycles. The molecular weight excluding hydrogens is 362 g/mol. The van der Waals surface area contributed by atoms with Crippen LogP contribution in [0.25, 0.3) is 0 Å². The second kappa shape index (κ2) is 11.1. The number of carbonyl (C=O) groups excluding carboxylic acids is 2. The molecule has 9 nitrogen and oxygen atoms in total. The predicted octanol–water partition coefficient (Wildman–Crippen LogP) is 2.35. The maximum atomic E-state index is 12.2. The smallest absolute Gasteiger partial charge is 0.328 e. The zero-order valence-corrected chi connectivity index (χ0v) is 17.3. The molecule has 0 bridgehead atoms. The van der Waals surface area contributed by atoms with Gasteiger partial charge in [-0.25, -0.2) is 14.6 Å². The molecule has 0 saturated heterocycles. The normalized spacial score (nSPS) is 12.8. The largest absolute Gasteiger partial charge is 0.464 e. The molecule has 1 rings (SSSR count). The Kier molecular flexibility index (Phi) is 9.15. The lowest BCUT2D eigenvalue weighted by Crippen LogP contribution is -2.38. The Labute approximate surface area is 165 Å². The number of nitrogens with one attached hydrogen (secondary N) is 2. The second-order valence-corrected chi connectivity index (χ2v) is 6.80. The summed E-state index contributed by atoms with van der Waals surface area (Å²) in [5.74, 6) is -0.664. The van der Waals surface area contributed by atoms with E-state index in [4.69, 9.17) is 9.47 Å². The first kappa shape index (κ1) is 23.1. The molecule has 1 aromatic heterocycles. The molecule has 2 unspecified atom stereocenters. The van der Waals surface area contributed by atoms with Gasteiger partial charge in [0.15, 0.2) is 0 Å². The molecule has 0 aliphatic rings. The molecule has 1 aromatic rings. The van der Waals surface area contributed by atoms with Gasteiger partial charge in [0.05, 0.1) is 19.4 Å². The SMILES string of the molecule is CCOC(=O)C(Nc1ncc(C#N)c(NC(C(=O)OCC)C(C)C)n1)C(C)C. The van der Waals surface area contributed by atoms with Crippen LogP contribution < -0.4 is 10.6 Å². The number of carbonyl (C=O) groups is 2. The fraction of sp³-hybridized carbons (Fsp3) is 0.632. The van der Waals surface area contributed by atoms with Crippen LogP contribution in [0.1, 0.15) is 47.1 Å². The van der Waals surface area contributed by atoms with E-state index in [0.717, 1.165) is 0 Å². The molecule has 0 aromatic carbocycles. The molecule has 154 valence electrons. The Hall–Kier alpha value is -2.89. The van der Waals surface area contributed by atoms with Crippen LogP contribution in [0.5, 0.6) is 0 Å². The monoisotopic (exact) mass is 391 g/mol. The highest BCUT2D eigenvalue weighted by Crippen LogP contribution is 2.19. The van der Waals surface area contributed by atoms with Gasteiger partial charge in [-0.1, -0.05) is 27.7 Å². The molecule has 0 aliphatic carbocycles. The van der Waals surface area contributed by atoms with Crippen molar-refractivity contribution >= 4 is 23.7 Å². The maximum Gasteiger partial charge on any atom is 0.328 e. The second-order valence-electron chi connectivity index (χ2n) is 6.80. The Balaban J connectivity index is 3.15. The van der Waals surface area contributed by atoms with Gasteiger partial charge in [0.2, 0.25) is 5.95 Å². The summed E-state index contributed by atoms with van der Waals surface area (Å²) in [6, 6.07) is 0.672. The van der Waals surface area contributed by atoms with E-state index in [1.54, 1.807) is 13.8 Å². The number of aromatic nitrogens is 2. The summed E-state index contributed by atoms with van der Waals surface area (Å²) in [4.78, 5) is 32.8. The number of hydrogen-bond acceptors (Lipinski definition) is 9. The molecule has 9 heteroatoms. The quantitative estimate of drug-likeness (QED) is 0.578. The number of nitriles is 1. The first-order valence-corrected chi connectivity index (χ1v) is 9.38. The summed E-state index contributed by atoms with van der Waals surface area (Å²) in [5, 5.41) is 15.3. The van der Waals surface area contributed by atoms with Crippen molar-refractivity contribution in [3.63, 3.8) is 0 Å². The molecular formula is C19H29N5O4. The van der Waals surface area contributed by atoms with Gasteiger partial charge < -0.3 is 20.1 Å². The number of ether oxygens (including phenoxy) is 2. The lowest BCUT2D eigenvalue weighted by Gasteiger charge is -2.23. The maximum absolute atomic E-state index is 12.2. The third-order valence-corrected chi connectivity index (χ3v) is 3.90. The van der Waals surface area contributed by atoms with E-state index in [0.29, 0.717) is 0 Å². The Bertz CT molecular complexity index is 715. The van der Waals surface area contributed by atoms with E-state index < -0.39 is 24.0 Å². The van der Waals surface area contributed by atoms with E-state index in [1.807, 2.05) is 33.8 Å². The van der Waals surface area contributed by atoms with E-state index in [-0.39, 0.29) is 42.4 Å². The molecule has 2 atom stereocenters. The van der Waals surface area contributed by atoms with E-state index in [2.05, 4.69) is 20.6 Å². The zero-order valence-electron chi connectivity index (χ0n) is 17.3. The minimum atomic E-state index is -0.680. The lowest BCUT2D eigenvalue weighted by atomic mass is 10.0. The van der Waals surface area contributed by atoms with Crippen molar-refractivity contribution in [2.75, 3.05) is 23.8 Å². The van der Waals surface area contributed by atoms with E-state index >= 15 is 0 Å². The highest BCUT2D eigenvalue weighted by atomic mass is 16.5. The van der Waals surface area contributed by atoms with Gasteiger partial charge in [0.1, 0.15) is 29.5 Å². The lowest BCUT2D eigenvalue weighted by molar-refractivity contribution is -0.145. The summed E-state index contributed by atoms with van der Waals surface area (Å²) >= 11 is 0. The molecule has 28 heavy (non-hydrogen) atoms. The molecule has 0 fully saturated rings. The molecule has 0 amide bonds. The summed E-state index contributed by atoms with van der Waals surface area (Å²) < 4.78 is 10.2. The van der Waals surface area contributed by atoms with Crippen LogP contribution >= 0.6 is 0 Å². The van der Waals surface area contributed by atoms with Crippen molar-refractivity contribution in [2.45, 2.75) is 53.6 Å². The third-order valence-electron chi connectivity index (χ3n) is 3.90. The zero-order chi connectivity index (χ0) is 21.3. The minimum Gasteiger partial charge on any atom is -0.464 e. The van der Waals surface area contributed by atoms with Crippen molar-refractivity contribution in [3.05, 3.63) is 11.8 Å². The van der Waals surface area contributed by atoms with Crippen LogP contribution in [-0.2, 0) is 19.1 Å². The molecule has 0 radical (unpaired) electrons. The van der Waals surface area contributed by atoms with Crippen LogP contribution in [0.2, 0.25) is 0 Å². The molecule has 2 N–H and O–H groups in total. The summed E-state index contributed by atoms with van der Waals surface area (Å²) in [6.45, 7) is 11.4. The van der Waals surface area contributed by atoms with Crippen molar-refractivity contribution < 1.29 is 19.1 Å². The van der Waals surface area contributed by atoms with Crippen LogP contribution in [0.3, 0.4) is 0 Å². The van der Waals surface area contributed by atoms with E-state index in [9.17, 15) is 14.9 Å². The fourth-order valence-corrected chi connectivity index (χ4v) is 2.39. The van der Waals surface area contributed by atoms with Gasteiger partial charge in [-0.05, 0) is 25.7 Å². The first-order valence-electron chi connectivity index (χ1n) is 9.38. The van der Waals surface area contributed by atoms with Gasteiger partial charge in [0, 0.05) is 0 Å². The number of anilines is 2. The van der Waals surface area contributed by atoms with Gasteiger partial charge in [0.25, 0.3) is 0 Å².